The minimum atomic E-state index is -0.928. The average molecular weight is 609 g/mol. The summed E-state index contributed by atoms with van der Waals surface area (Å²) in [5.74, 6) is 0.111. The third-order valence-corrected chi connectivity index (χ3v) is 9.09. The van der Waals surface area contributed by atoms with Crippen molar-refractivity contribution in [2.75, 3.05) is 11.4 Å². The van der Waals surface area contributed by atoms with Gasteiger partial charge in [0, 0.05) is 31.2 Å². The van der Waals surface area contributed by atoms with Gasteiger partial charge in [0.1, 0.15) is 5.82 Å². The number of carbonyl (C=O) groups is 2. The molecule has 1 saturated carbocycles. The molecule has 45 heavy (non-hydrogen) atoms. The number of carbonyl (C=O) groups excluding carboxylic acids is 1. The van der Waals surface area contributed by atoms with Gasteiger partial charge in [0.2, 0.25) is 0 Å². The van der Waals surface area contributed by atoms with Gasteiger partial charge in [-0.3, -0.25) is 4.90 Å². The van der Waals surface area contributed by atoms with E-state index in [1.807, 2.05) is 29.2 Å². The van der Waals surface area contributed by atoms with E-state index >= 15 is 0 Å². The van der Waals surface area contributed by atoms with Gasteiger partial charge < -0.3 is 15.0 Å². The second-order valence-corrected chi connectivity index (χ2v) is 12.5. The lowest BCUT2D eigenvalue weighted by Gasteiger charge is -2.34. The van der Waals surface area contributed by atoms with Gasteiger partial charge in [-0.25, -0.2) is 14.6 Å². The molecule has 2 amide bonds. The number of unbranched alkanes of at least 4 members (excludes halogenated alkanes) is 3. The number of carboxylic acid groups (broad SMARTS) is 1. The third-order valence-electron chi connectivity index (χ3n) is 9.09. The van der Waals surface area contributed by atoms with Gasteiger partial charge in [0.05, 0.1) is 16.6 Å². The second-order valence-electron chi connectivity index (χ2n) is 12.5. The van der Waals surface area contributed by atoms with Crippen LogP contribution in [0.1, 0.15) is 105 Å². The number of aromatic carboxylic acids is 1. The van der Waals surface area contributed by atoms with E-state index in [-0.39, 0.29) is 12.1 Å². The highest BCUT2D eigenvalue weighted by Gasteiger charge is 2.28. The van der Waals surface area contributed by atoms with Crippen LogP contribution in [0, 0.1) is 6.92 Å². The molecule has 0 radical (unpaired) electrons. The molecule has 7 heteroatoms. The first kappa shape index (κ1) is 32.3. The van der Waals surface area contributed by atoms with Crippen molar-refractivity contribution >= 4 is 28.7 Å². The molecule has 1 fully saturated rings. The van der Waals surface area contributed by atoms with Crippen LogP contribution in [0.5, 0.6) is 0 Å². The zero-order chi connectivity index (χ0) is 31.8. The van der Waals surface area contributed by atoms with E-state index in [1.54, 1.807) is 12.1 Å². The van der Waals surface area contributed by atoms with Crippen LogP contribution in [0.4, 0.5) is 10.5 Å². The monoisotopic (exact) mass is 608 g/mol. The number of hydrogen-bond donors (Lipinski definition) is 2. The molecule has 1 aromatic heterocycles. The molecule has 0 atom stereocenters. The van der Waals surface area contributed by atoms with Gasteiger partial charge in [-0.2, -0.15) is 0 Å². The molecule has 0 bridgehead atoms. The molecule has 1 heterocycles. The lowest BCUT2D eigenvalue weighted by atomic mass is 9.93. The van der Waals surface area contributed by atoms with Gasteiger partial charge in [-0.1, -0.05) is 94.8 Å². The number of urea groups is 1. The van der Waals surface area contributed by atoms with Crippen LogP contribution in [0.25, 0.3) is 22.2 Å². The SMILES string of the molecule is CCCCCCNC(=O)N(c1cc(C)c2nc(CCC)n(Cc3ccc(-c4ccccc4C(=O)O)cc3)c2c1)C1CCCCC1. The smallest absolute Gasteiger partial charge is 0.336 e. The number of nitrogens with one attached hydrogen (secondary N) is 1. The van der Waals surface area contributed by atoms with Crippen LogP contribution in [-0.4, -0.2) is 39.2 Å². The number of benzene rings is 3. The van der Waals surface area contributed by atoms with Crippen LogP contribution in [0.15, 0.2) is 60.7 Å². The number of aromatic nitrogens is 2. The maximum atomic E-state index is 13.8. The first-order valence-corrected chi connectivity index (χ1v) is 16.9. The summed E-state index contributed by atoms with van der Waals surface area (Å²) in [6.07, 6.45) is 11.9. The van der Waals surface area contributed by atoms with Crippen molar-refractivity contribution < 1.29 is 14.7 Å². The van der Waals surface area contributed by atoms with E-state index in [0.717, 1.165) is 90.6 Å². The van der Waals surface area contributed by atoms with Gasteiger partial charge in [0.25, 0.3) is 0 Å². The largest absolute Gasteiger partial charge is 0.478 e. The van der Waals surface area contributed by atoms with Gasteiger partial charge in [-0.15, -0.1) is 0 Å². The summed E-state index contributed by atoms with van der Waals surface area (Å²) in [6.45, 7) is 7.83. The lowest BCUT2D eigenvalue weighted by molar-refractivity contribution is 0.0697. The Morgan fingerprint density at radius 1 is 0.956 bits per heavy atom. The van der Waals surface area contributed by atoms with Crippen LogP contribution in [-0.2, 0) is 13.0 Å². The Hall–Kier alpha value is -4.13. The Morgan fingerprint density at radius 3 is 2.42 bits per heavy atom. The van der Waals surface area contributed by atoms with Crippen molar-refractivity contribution in [2.45, 2.75) is 104 Å². The fourth-order valence-corrected chi connectivity index (χ4v) is 6.71. The predicted molar refractivity (Wildman–Crippen MR) is 183 cm³/mol. The number of anilines is 1. The molecule has 1 aliphatic rings. The van der Waals surface area contributed by atoms with Gasteiger partial charge in [-0.05, 0) is 73.1 Å². The molecule has 238 valence electrons. The second kappa shape index (κ2) is 15.2. The first-order chi connectivity index (χ1) is 21.9. The Bertz CT molecular complexity index is 1600. The van der Waals surface area contributed by atoms with Crippen molar-refractivity contribution in [2.24, 2.45) is 0 Å². The van der Waals surface area contributed by atoms with Crippen LogP contribution < -0.4 is 10.2 Å². The van der Waals surface area contributed by atoms with Crippen molar-refractivity contribution in [1.29, 1.82) is 0 Å². The van der Waals surface area contributed by atoms with E-state index in [9.17, 15) is 14.7 Å². The number of rotatable bonds is 13. The number of carboxylic acids is 1. The molecular formula is C38H48N4O3. The zero-order valence-electron chi connectivity index (χ0n) is 27.1. The van der Waals surface area contributed by atoms with Gasteiger partial charge in [0.15, 0.2) is 0 Å². The van der Waals surface area contributed by atoms with E-state index in [1.165, 1.54) is 19.3 Å². The number of hydrogen-bond acceptors (Lipinski definition) is 3. The molecular weight excluding hydrogens is 560 g/mol. The van der Waals surface area contributed by atoms with E-state index in [4.69, 9.17) is 4.98 Å². The Morgan fingerprint density at radius 2 is 1.71 bits per heavy atom. The molecule has 7 nitrogen and oxygen atoms in total. The first-order valence-electron chi connectivity index (χ1n) is 16.9. The predicted octanol–water partition coefficient (Wildman–Crippen LogP) is 9.14. The summed E-state index contributed by atoms with van der Waals surface area (Å²) >= 11 is 0. The summed E-state index contributed by atoms with van der Waals surface area (Å²) in [5, 5.41) is 12.9. The molecule has 3 aromatic carbocycles. The normalized spacial score (nSPS) is 13.7. The van der Waals surface area contributed by atoms with Crippen molar-refractivity contribution in [3.63, 3.8) is 0 Å². The highest BCUT2D eigenvalue weighted by molar-refractivity contribution is 5.96. The van der Waals surface area contributed by atoms with Crippen molar-refractivity contribution in [3.05, 3.63) is 83.2 Å². The Labute approximate surface area is 267 Å². The number of imidazole rings is 1. The average Bonchev–Trinajstić information content (AvgIpc) is 3.39. The minimum absolute atomic E-state index is 0.00854. The molecule has 1 aliphatic carbocycles. The number of nitrogens with zero attached hydrogens (tertiary/aromatic N) is 3. The van der Waals surface area contributed by atoms with Crippen molar-refractivity contribution in [3.8, 4) is 11.1 Å². The molecule has 0 saturated heterocycles. The minimum Gasteiger partial charge on any atom is -0.478 e. The number of fused-ring (bicyclic) bond motifs is 1. The lowest BCUT2D eigenvalue weighted by Crippen LogP contribution is -2.47. The summed E-state index contributed by atoms with van der Waals surface area (Å²) in [6, 6.07) is 19.8. The van der Waals surface area contributed by atoms with E-state index < -0.39 is 5.97 Å². The molecule has 0 unspecified atom stereocenters. The summed E-state index contributed by atoms with van der Waals surface area (Å²) in [7, 11) is 0. The standard InChI is InChI=1S/C38H48N4O3/c1-4-6-7-13-23-39-38(45)42(30-15-9-8-10-16-30)31-24-27(3)36-34(25-31)41(35(40-36)14-5-2)26-28-19-21-29(22-20-28)32-17-11-12-18-33(32)37(43)44/h11-12,17-22,24-25,30H,4-10,13-16,23,26H2,1-3H3,(H,39,45)(H,43,44). The van der Waals surface area contributed by atoms with Crippen LogP contribution in [0.2, 0.25) is 0 Å². The maximum Gasteiger partial charge on any atom is 0.336 e. The van der Waals surface area contributed by atoms with Crippen LogP contribution >= 0.6 is 0 Å². The Balaban J connectivity index is 1.48. The molecule has 0 aliphatic heterocycles. The molecule has 5 rings (SSSR count). The maximum absolute atomic E-state index is 13.8. The molecule has 0 spiro atoms. The highest BCUT2D eigenvalue weighted by Crippen LogP contribution is 2.33. The topological polar surface area (TPSA) is 87.5 Å². The van der Waals surface area contributed by atoms with E-state index in [0.29, 0.717) is 24.2 Å². The van der Waals surface area contributed by atoms with Gasteiger partial charge >= 0.3 is 12.0 Å². The zero-order valence-corrected chi connectivity index (χ0v) is 27.1. The quantitative estimate of drug-likeness (QED) is 0.148. The van der Waals surface area contributed by atoms with E-state index in [2.05, 4.69) is 54.9 Å². The Kier molecular flexibility index (Phi) is 10.9. The fourth-order valence-electron chi connectivity index (χ4n) is 6.71. The summed E-state index contributed by atoms with van der Waals surface area (Å²) < 4.78 is 2.30. The van der Waals surface area contributed by atoms with Crippen LogP contribution in [0.3, 0.4) is 0 Å². The molecule has 4 aromatic rings. The summed E-state index contributed by atoms with van der Waals surface area (Å²) in [4.78, 5) is 32.7. The number of aryl methyl sites for hydroxylation is 2. The molecule has 2 N–H and O–H groups in total. The fraction of sp³-hybridized carbons (Fsp3) is 0.447. The van der Waals surface area contributed by atoms with Crippen molar-refractivity contribution in [1.82, 2.24) is 14.9 Å². The third kappa shape index (κ3) is 7.58. The summed E-state index contributed by atoms with van der Waals surface area (Å²) in [5.41, 5.74) is 7.06. The highest BCUT2D eigenvalue weighted by atomic mass is 16.4. The number of amides is 2.